The monoisotopic (exact) mass is 432 g/mol. The normalized spacial score (nSPS) is 13.4. The van der Waals surface area contributed by atoms with Crippen LogP contribution in [0.15, 0.2) is 48.5 Å². The number of benzene rings is 2. The molecule has 3 nitrogen and oxygen atoms in total. The number of fused-ring (bicyclic) bond motifs is 2. The van der Waals surface area contributed by atoms with Crippen molar-refractivity contribution in [3.63, 3.8) is 0 Å². The van der Waals surface area contributed by atoms with Crippen molar-refractivity contribution in [2.45, 2.75) is 45.4 Å². The van der Waals surface area contributed by atoms with Gasteiger partial charge in [-0.25, -0.2) is 4.98 Å². The molecule has 1 aliphatic carbocycles. The van der Waals surface area contributed by atoms with E-state index < -0.39 is 0 Å². The van der Waals surface area contributed by atoms with E-state index in [1.54, 1.807) is 22.7 Å². The van der Waals surface area contributed by atoms with Crippen LogP contribution >= 0.6 is 22.7 Å². The smallest absolute Gasteiger partial charge is 0.229 e. The Hall–Kier alpha value is -2.50. The van der Waals surface area contributed by atoms with Gasteiger partial charge in [0, 0.05) is 10.4 Å². The van der Waals surface area contributed by atoms with E-state index in [0.29, 0.717) is 6.42 Å². The summed E-state index contributed by atoms with van der Waals surface area (Å²) in [4.78, 5) is 19.2. The first-order valence-corrected chi connectivity index (χ1v) is 12.2. The SMILES string of the molecule is CCc1ccc(CC(=O)Nc2sc3c(c2-c2nc4ccccc4s2)CCCC3)cc1. The summed E-state index contributed by atoms with van der Waals surface area (Å²) in [6.07, 6.45) is 6.02. The summed E-state index contributed by atoms with van der Waals surface area (Å²) in [5.41, 5.74) is 5.93. The number of carbonyl (C=O) groups is 1. The van der Waals surface area contributed by atoms with Gasteiger partial charge >= 0.3 is 0 Å². The first-order chi connectivity index (χ1) is 14.7. The van der Waals surface area contributed by atoms with Gasteiger partial charge in [-0.1, -0.05) is 43.3 Å². The first kappa shape index (κ1) is 19.5. The van der Waals surface area contributed by atoms with Gasteiger partial charge in [-0.05, 0) is 60.9 Å². The topological polar surface area (TPSA) is 42.0 Å². The third kappa shape index (κ3) is 3.80. The summed E-state index contributed by atoms with van der Waals surface area (Å²) in [7, 11) is 0. The zero-order valence-electron chi connectivity index (χ0n) is 17.0. The molecule has 4 aromatic rings. The number of hydrogen-bond acceptors (Lipinski definition) is 4. The molecule has 5 rings (SSSR count). The van der Waals surface area contributed by atoms with Crippen LogP contribution in [0, 0.1) is 0 Å². The number of anilines is 1. The molecule has 152 valence electrons. The first-order valence-electron chi connectivity index (χ1n) is 10.6. The zero-order chi connectivity index (χ0) is 20.5. The second kappa shape index (κ2) is 8.32. The minimum atomic E-state index is 0.0419. The maximum atomic E-state index is 12.9. The van der Waals surface area contributed by atoms with Crippen LogP contribution in [-0.4, -0.2) is 10.9 Å². The number of amides is 1. The quantitative estimate of drug-likeness (QED) is 0.384. The van der Waals surface area contributed by atoms with Crippen LogP contribution in [0.2, 0.25) is 0 Å². The predicted octanol–water partition coefficient (Wildman–Crippen LogP) is 6.65. The molecule has 0 saturated carbocycles. The van der Waals surface area contributed by atoms with Gasteiger partial charge in [-0.3, -0.25) is 4.79 Å². The van der Waals surface area contributed by atoms with Crippen LogP contribution in [0.1, 0.15) is 41.3 Å². The molecule has 1 aliphatic rings. The molecule has 0 fully saturated rings. The van der Waals surface area contributed by atoms with Crippen LogP contribution < -0.4 is 5.32 Å². The second-order valence-electron chi connectivity index (χ2n) is 7.80. The number of thiazole rings is 1. The molecule has 0 bridgehead atoms. The highest BCUT2D eigenvalue weighted by Crippen LogP contribution is 2.46. The predicted molar refractivity (Wildman–Crippen MR) is 128 cm³/mol. The summed E-state index contributed by atoms with van der Waals surface area (Å²) in [5, 5.41) is 5.23. The second-order valence-corrected chi connectivity index (χ2v) is 9.93. The minimum absolute atomic E-state index is 0.0419. The van der Waals surface area contributed by atoms with Gasteiger partial charge in [0.25, 0.3) is 0 Å². The number of carbonyl (C=O) groups excluding carboxylic acids is 1. The molecule has 2 heterocycles. The molecule has 0 unspecified atom stereocenters. The van der Waals surface area contributed by atoms with E-state index in [2.05, 4.69) is 54.7 Å². The van der Waals surface area contributed by atoms with Crippen LogP contribution in [0.4, 0.5) is 5.00 Å². The van der Waals surface area contributed by atoms with E-state index >= 15 is 0 Å². The molecule has 0 spiro atoms. The van der Waals surface area contributed by atoms with Crippen LogP contribution in [-0.2, 0) is 30.5 Å². The molecular weight excluding hydrogens is 408 g/mol. The van der Waals surface area contributed by atoms with Crippen molar-refractivity contribution in [2.75, 3.05) is 5.32 Å². The van der Waals surface area contributed by atoms with Crippen LogP contribution in [0.3, 0.4) is 0 Å². The average Bonchev–Trinajstić information content (AvgIpc) is 3.34. The van der Waals surface area contributed by atoms with E-state index in [1.807, 2.05) is 6.07 Å². The number of nitrogens with zero attached hydrogens (tertiary/aromatic N) is 1. The fourth-order valence-corrected chi connectivity index (χ4v) is 6.52. The Bertz CT molecular complexity index is 1170. The van der Waals surface area contributed by atoms with Crippen molar-refractivity contribution in [1.82, 2.24) is 4.98 Å². The lowest BCUT2D eigenvalue weighted by atomic mass is 9.95. The number of para-hydroxylation sites is 1. The molecule has 0 radical (unpaired) electrons. The Kier molecular flexibility index (Phi) is 5.40. The molecule has 1 amide bonds. The van der Waals surface area contributed by atoms with Crippen molar-refractivity contribution in [2.24, 2.45) is 0 Å². The number of thiophene rings is 1. The summed E-state index contributed by atoms with van der Waals surface area (Å²) < 4.78 is 1.19. The fraction of sp³-hybridized carbons (Fsp3) is 0.280. The Morgan fingerprint density at radius 2 is 1.77 bits per heavy atom. The Morgan fingerprint density at radius 1 is 1.00 bits per heavy atom. The fourth-order valence-electron chi connectivity index (χ4n) is 4.11. The lowest BCUT2D eigenvalue weighted by Crippen LogP contribution is -2.14. The van der Waals surface area contributed by atoms with E-state index in [0.717, 1.165) is 45.9 Å². The summed E-state index contributed by atoms with van der Waals surface area (Å²) in [6.45, 7) is 2.14. The highest BCUT2D eigenvalue weighted by Gasteiger charge is 2.25. The lowest BCUT2D eigenvalue weighted by Gasteiger charge is -2.11. The molecule has 0 saturated heterocycles. The molecule has 0 atom stereocenters. The summed E-state index contributed by atoms with van der Waals surface area (Å²) >= 11 is 3.47. The summed E-state index contributed by atoms with van der Waals surface area (Å²) in [6, 6.07) is 16.6. The third-order valence-electron chi connectivity index (χ3n) is 5.73. The van der Waals surface area contributed by atoms with Gasteiger partial charge in [-0.2, -0.15) is 0 Å². The lowest BCUT2D eigenvalue weighted by molar-refractivity contribution is -0.115. The van der Waals surface area contributed by atoms with Gasteiger partial charge in [0.05, 0.1) is 16.6 Å². The standard InChI is InChI=1S/C25H24N2OS2/c1-2-16-11-13-17(14-12-16)15-22(28)27-25-23(18-7-3-5-9-20(18)29-25)24-26-19-8-4-6-10-21(19)30-24/h4,6,8,10-14H,2-3,5,7,9,15H2,1H3,(H,27,28). The van der Waals surface area contributed by atoms with Gasteiger partial charge in [0.1, 0.15) is 10.0 Å². The molecular formula is C25H24N2OS2. The number of aryl methyl sites for hydroxylation is 2. The molecule has 30 heavy (non-hydrogen) atoms. The Labute approximate surface area is 184 Å². The van der Waals surface area contributed by atoms with E-state index in [9.17, 15) is 4.79 Å². The van der Waals surface area contributed by atoms with Gasteiger partial charge in [0.15, 0.2) is 0 Å². The van der Waals surface area contributed by atoms with Gasteiger partial charge < -0.3 is 5.32 Å². The van der Waals surface area contributed by atoms with Crippen molar-refractivity contribution in [1.29, 1.82) is 0 Å². The van der Waals surface area contributed by atoms with Crippen molar-refractivity contribution in [3.05, 3.63) is 70.1 Å². The Balaban J connectivity index is 1.46. The maximum Gasteiger partial charge on any atom is 0.229 e. The maximum absolute atomic E-state index is 12.9. The van der Waals surface area contributed by atoms with Gasteiger partial charge in [-0.15, -0.1) is 22.7 Å². The van der Waals surface area contributed by atoms with E-state index in [-0.39, 0.29) is 5.91 Å². The molecule has 0 aliphatic heterocycles. The van der Waals surface area contributed by atoms with Crippen LogP contribution in [0.25, 0.3) is 20.8 Å². The number of aromatic nitrogens is 1. The van der Waals surface area contributed by atoms with Crippen molar-refractivity contribution in [3.8, 4) is 10.6 Å². The van der Waals surface area contributed by atoms with Gasteiger partial charge in [0.2, 0.25) is 5.91 Å². The van der Waals surface area contributed by atoms with Crippen molar-refractivity contribution < 1.29 is 4.79 Å². The minimum Gasteiger partial charge on any atom is -0.317 e. The zero-order valence-corrected chi connectivity index (χ0v) is 18.7. The third-order valence-corrected chi connectivity index (χ3v) is 7.99. The number of nitrogens with one attached hydrogen (secondary N) is 1. The number of hydrogen-bond donors (Lipinski definition) is 1. The molecule has 2 aromatic carbocycles. The number of rotatable bonds is 5. The molecule has 1 N–H and O–H groups in total. The largest absolute Gasteiger partial charge is 0.317 e. The molecule has 5 heteroatoms. The summed E-state index contributed by atoms with van der Waals surface area (Å²) in [5.74, 6) is 0.0419. The van der Waals surface area contributed by atoms with E-state index in [1.165, 1.54) is 33.5 Å². The Morgan fingerprint density at radius 3 is 2.57 bits per heavy atom. The highest BCUT2D eigenvalue weighted by atomic mass is 32.1. The van der Waals surface area contributed by atoms with Crippen molar-refractivity contribution >= 4 is 43.8 Å². The van der Waals surface area contributed by atoms with Crippen LogP contribution in [0.5, 0.6) is 0 Å². The van der Waals surface area contributed by atoms with E-state index in [4.69, 9.17) is 4.98 Å². The average molecular weight is 433 g/mol. The molecule has 2 aromatic heterocycles. The highest BCUT2D eigenvalue weighted by molar-refractivity contribution is 7.22.